The van der Waals surface area contributed by atoms with Crippen molar-refractivity contribution in [3.05, 3.63) is 42.3 Å². The number of halogens is 1. The number of likely N-dealkylation sites (N-methyl/N-ethyl adjacent to an activating group) is 1. The Kier molecular flexibility index (Phi) is 8.59. The van der Waals surface area contributed by atoms with Crippen LogP contribution in [0.1, 0.15) is 31.7 Å². The molecule has 161 valence electrons. The average molecular weight is 407 g/mol. The highest BCUT2D eigenvalue weighted by atomic mass is 19.1. The average Bonchev–Trinajstić information content (AvgIpc) is 2.70. The molecule has 6 nitrogen and oxygen atoms in total. The van der Waals surface area contributed by atoms with Crippen LogP contribution in [0.25, 0.3) is 0 Å². The molecule has 0 aliphatic carbocycles. The fourth-order valence-corrected chi connectivity index (χ4v) is 3.47. The van der Waals surface area contributed by atoms with Gasteiger partial charge >= 0.3 is 0 Å². The van der Waals surface area contributed by atoms with E-state index in [1.165, 1.54) is 0 Å². The molecule has 2 rings (SSSR count). The first-order valence-corrected chi connectivity index (χ1v) is 10.2. The molecule has 0 spiro atoms. The van der Waals surface area contributed by atoms with Gasteiger partial charge in [-0.2, -0.15) is 0 Å². The van der Waals surface area contributed by atoms with Crippen LogP contribution in [-0.4, -0.2) is 71.7 Å². The Morgan fingerprint density at radius 1 is 1.24 bits per heavy atom. The number of primary amides is 1. The SMILES string of the molecule is CN1CCN(C(=O)[C@H](CCC(C)(F)C(N)=O)C[C@@H](O)[CH]Cc2ccccc2)CC1. The lowest BCUT2D eigenvalue weighted by Crippen LogP contribution is -2.49. The number of carbonyl (C=O) groups is 2. The second-order valence-electron chi connectivity index (χ2n) is 8.15. The van der Waals surface area contributed by atoms with Crippen molar-refractivity contribution in [2.75, 3.05) is 33.2 Å². The fraction of sp³-hybridized carbons (Fsp3) is 0.591. The Morgan fingerprint density at radius 3 is 2.45 bits per heavy atom. The van der Waals surface area contributed by atoms with Crippen LogP contribution < -0.4 is 5.73 Å². The molecule has 1 aromatic carbocycles. The number of alkyl halides is 1. The maximum Gasteiger partial charge on any atom is 0.254 e. The molecule has 3 N–H and O–H groups in total. The highest BCUT2D eigenvalue weighted by molar-refractivity contribution is 5.83. The van der Waals surface area contributed by atoms with E-state index in [-0.39, 0.29) is 25.2 Å². The van der Waals surface area contributed by atoms with Crippen LogP contribution >= 0.6 is 0 Å². The molecule has 1 aromatic rings. The minimum Gasteiger partial charge on any atom is -0.393 e. The molecule has 1 aliphatic heterocycles. The van der Waals surface area contributed by atoms with Crippen molar-refractivity contribution in [2.24, 2.45) is 11.7 Å². The van der Waals surface area contributed by atoms with Gasteiger partial charge in [0.2, 0.25) is 5.91 Å². The molecule has 3 atom stereocenters. The van der Waals surface area contributed by atoms with Crippen LogP contribution in [0.2, 0.25) is 0 Å². The van der Waals surface area contributed by atoms with Crippen LogP contribution in [0, 0.1) is 12.3 Å². The highest BCUT2D eigenvalue weighted by Crippen LogP contribution is 2.26. The smallest absolute Gasteiger partial charge is 0.254 e. The monoisotopic (exact) mass is 406 g/mol. The Labute approximate surface area is 172 Å². The lowest BCUT2D eigenvalue weighted by molar-refractivity contribution is -0.139. The van der Waals surface area contributed by atoms with Crippen LogP contribution in [-0.2, 0) is 16.0 Å². The maximum atomic E-state index is 14.4. The molecule has 1 heterocycles. The van der Waals surface area contributed by atoms with Gasteiger partial charge in [0.1, 0.15) is 0 Å². The second-order valence-corrected chi connectivity index (χ2v) is 8.15. The molecule has 7 heteroatoms. The largest absolute Gasteiger partial charge is 0.393 e. The van der Waals surface area contributed by atoms with E-state index in [1.54, 1.807) is 11.3 Å². The van der Waals surface area contributed by atoms with Crippen molar-refractivity contribution in [2.45, 2.75) is 44.4 Å². The predicted octanol–water partition coefficient (Wildman–Crippen LogP) is 1.57. The molecule has 0 saturated carbocycles. The Morgan fingerprint density at radius 2 is 1.86 bits per heavy atom. The molecule has 2 amide bonds. The molecule has 29 heavy (non-hydrogen) atoms. The van der Waals surface area contributed by atoms with Gasteiger partial charge < -0.3 is 20.6 Å². The zero-order valence-electron chi connectivity index (χ0n) is 17.4. The van der Waals surface area contributed by atoms with Crippen molar-refractivity contribution in [1.82, 2.24) is 9.80 Å². The first kappa shape index (κ1) is 23.3. The van der Waals surface area contributed by atoms with Gasteiger partial charge in [-0.25, -0.2) is 4.39 Å². The third kappa shape index (κ3) is 7.40. The summed E-state index contributed by atoms with van der Waals surface area (Å²) in [4.78, 5) is 28.3. The normalized spacial score (nSPS) is 19.4. The summed E-state index contributed by atoms with van der Waals surface area (Å²) in [5.41, 5.74) is 4.03. The summed E-state index contributed by atoms with van der Waals surface area (Å²) in [7, 11) is 2.00. The maximum absolute atomic E-state index is 14.4. The van der Waals surface area contributed by atoms with E-state index in [0.29, 0.717) is 19.5 Å². The van der Waals surface area contributed by atoms with Crippen LogP contribution in [0.5, 0.6) is 0 Å². The van der Waals surface area contributed by atoms with Crippen molar-refractivity contribution in [3.8, 4) is 0 Å². The summed E-state index contributed by atoms with van der Waals surface area (Å²) < 4.78 is 14.4. The number of amides is 2. The van der Waals surface area contributed by atoms with Crippen molar-refractivity contribution in [1.29, 1.82) is 0 Å². The number of piperazine rings is 1. The van der Waals surface area contributed by atoms with E-state index < -0.39 is 23.6 Å². The van der Waals surface area contributed by atoms with Gasteiger partial charge in [0.05, 0.1) is 6.10 Å². The standard InChI is InChI=1S/C22H33FN3O3/c1-22(23,21(24)29)11-10-18(20(28)26-14-12-25(2)13-15-26)16-19(27)9-8-17-6-4-3-5-7-17/h3-7,9,18-19,27H,8,10-16H2,1-2H3,(H2,24,29)/t18-,19+,22?/m1/s1. The topological polar surface area (TPSA) is 86.9 Å². The quantitative estimate of drug-likeness (QED) is 0.618. The summed E-state index contributed by atoms with van der Waals surface area (Å²) in [5.74, 6) is -1.68. The number of hydrogen-bond donors (Lipinski definition) is 2. The number of hydrogen-bond acceptors (Lipinski definition) is 4. The lowest BCUT2D eigenvalue weighted by Gasteiger charge is -2.35. The molecule has 1 aliphatic rings. The number of aliphatic hydroxyl groups is 1. The number of carbonyl (C=O) groups excluding carboxylic acids is 2. The summed E-state index contributed by atoms with van der Waals surface area (Å²) in [5, 5.41) is 10.5. The minimum absolute atomic E-state index is 0.0921. The third-order valence-corrected chi connectivity index (χ3v) is 5.63. The van der Waals surface area contributed by atoms with Crippen molar-refractivity contribution >= 4 is 11.8 Å². The van der Waals surface area contributed by atoms with E-state index in [2.05, 4.69) is 4.90 Å². The number of nitrogens with two attached hydrogens (primary N) is 1. The van der Waals surface area contributed by atoms with Gasteiger partial charge in [-0.3, -0.25) is 9.59 Å². The third-order valence-electron chi connectivity index (χ3n) is 5.63. The summed E-state index contributed by atoms with van der Waals surface area (Å²) in [6.07, 6.45) is 1.78. The molecule has 1 saturated heterocycles. The van der Waals surface area contributed by atoms with E-state index >= 15 is 0 Å². The summed E-state index contributed by atoms with van der Waals surface area (Å²) in [6.45, 7) is 3.92. The second kappa shape index (κ2) is 10.7. The molecule has 1 fully saturated rings. The number of benzene rings is 1. The molecule has 0 bridgehead atoms. The summed E-state index contributed by atoms with van der Waals surface area (Å²) in [6, 6.07) is 9.73. The van der Waals surface area contributed by atoms with Gasteiger partial charge in [0, 0.05) is 32.1 Å². The number of nitrogens with zero attached hydrogens (tertiary/aromatic N) is 2. The van der Waals surface area contributed by atoms with E-state index in [1.807, 2.05) is 37.4 Å². The molecular weight excluding hydrogens is 373 g/mol. The Balaban J connectivity index is 1.98. The van der Waals surface area contributed by atoms with Gasteiger partial charge in [0.25, 0.3) is 5.91 Å². The number of aliphatic hydroxyl groups excluding tert-OH is 1. The van der Waals surface area contributed by atoms with Gasteiger partial charge in [-0.05, 0) is 51.6 Å². The van der Waals surface area contributed by atoms with Crippen LogP contribution in [0.4, 0.5) is 4.39 Å². The fourth-order valence-electron chi connectivity index (χ4n) is 3.47. The van der Waals surface area contributed by atoms with Crippen molar-refractivity contribution < 1.29 is 19.1 Å². The van der Waals surface area contributed by atoms with Gasteiger partial charge in [-0.15, -0.1) is 0 Å². The Bertz CT molecular complexity index is 661. The molecular formula is C22H33FN3O3. The lowest BCUT2D eigenvalue weighted by atomic mass is 9.88. The zero-order chi connectivity index (χ0) is 21.4. The van der Waals surface area contributed by atoms with E-state index in [9.17, 15) is 19.1 Å². The van der Waals surface area contributed by atoms with E-state index in [4.69, 9.17) is 5.73 Å². The molecule has 1 radical (unpaired) electrons. The van der Waals surface area contributed by atoms with Gasteiger partial charge in [-0.1, -0.05) is 30.3 Å². The summed E-state index contributed by atoms with van der Waals surface area (Å²) >= 11 is 0. The van der Waals surface area contributed by atoms with Crippen molar-refractivity contribution in [3.63, 3.8) is 0 Å². The van der Waals surface area contributed by atoms with Gasteiger partial charge in [0.15, 0.2) is 5.67 Å². The first-order valence-electron chi connectivity index (χ1n) is 10.2. The number of rotatable bonds is 10. The first-order chi connectivity index (χ1) is 13.7. The van der Waals surface area contributed by atoms with Crippen LogP contribution in [0.15, 0.2) is 30.3 Å². The Hall–Kier alpha value is -1.99. The zero-order valence-corrected chi connectivity index (χ0v) is 17.4. The molecule has 1 unspecified atom stereocenters. The minimum atomic E-state index is -2.17. The van der Waals surface area contributed by atoms with E-state index in [0.717, 1.165) is 25.6 Å². The predicted molar refractivity (Wildman–Crippen MR) is 111 cm³/mol. The molecule has 0 aromatic heterocycles. The van der Waals surface area contributed by atoms with Crippen LogP contribution in [0.3, 0.4) is 0 Å². The highest BCUT2D eigenvalue weighted by Gasteiger charge is 2.35.